The van der Waals surface area contributed by atoms with Gasteiger partial charge in [0.25, 0.3) is 0 Å². The summed E-state index contributed by atoms with van der Waals surface area (Å²) >= 11 is 0. The third-order valence-corrected chi connectivity index (χ3v) is 6.20. The zero-order valence-electron chi connectivity index (χ0n) is 12.0. The van der Waals surface area contributed by atoms with Crippen LogP contribution in [0.2, 0.25) is 0 Å². The maximum atomic E-state index is 13.0. The Bertz CT molecular complexity index is 486. The summed E-state index contributed by atoms with van der Waals surface area (Å²) in [7, 11) is 0. The summed E-state index contributed by atoms with van der Waals surface area (Å²) in [6.07, 6.45) is 4.10. The van der Waals surface area contributed by atoms with Gasteiger partial charge in [0.05, 0.1) is 5.60 Å². The third-order valence-electron chi connectivity index (χ3n) is 6.20. The first kappa shape index (κ1) is 13.1. The van der Waals surface area contributed by atoms with Crippen molar-refractivity contribution in [2.45, 2.75) is 52.1 Å². The molecule has 2 aliphatic rings. The predicted molar refractivity (Wildman–Crippen MR) is 74.3 cm³/mol. The molecule has 0 amide bonds. The molecule has 1 aromatic rings. The van der Waals surface area contributed by atoms with E-state index in [0.29, 0.717) is 12.3 Å². The van der Waals surface area contributed by atoms with Crippen molar-refractivity contribution in [3.05, 3.63) is 35.6 Å². The molecule has 0 aromatic heterocycles. The third kappa shape index (κ3) is 1.62. The monoisotopic (exact) mass is 262 g/mol. The average Bonchev–Trinajstić information content (AvgIpc) is 2.81. The van der Waals surface area contributed by atoms with Crippen LogP contribution in [0, 0.1) is 22.6 Å². The van der Waals surface area contributed by atoms with Gasteiger partial charge in [-0.15, -0.1) is 0 Å². The van der Waals surface area contributed by atoms with Crippen LogP contribution in [0.5, 0.6) is 0 Å². The Kier molecular flexibility index (Phi) is 2.63. The Balaban J connectivity index is 1.96. The molecule has 0 saturated heterocycles. The molecule has 3 rings (SSSR count). The number of fused-ring (bicyclic) bond motifs is 2. The molecule has 104 valence electrons. The molecule has 0 heterocycles. The number of halogens is 1. The number of aliphatic hydroxyl groups is 1. The van der Waals surface area contributed by atoms with E-state index < -0.39 is 5.60 Å². The Labute approximate surface area is 114 Å². The first-order valence-corrected chi connectivity index (χ1v) is 7.25. The molecule has 0 radical (unpaired) electrons. The van der Waals surface area contributed by atoms with Crippen molar-refractivity contribution in [2.24, 2.45) is 16.7 Å². The van der Waals surface area contributed by atoms with E-state index in [9.17, 15) is 9.50 Å². The van der Waals surface area contributed by atoms with E-state index in [1.807, 2.05) is 0 Å². The first-order valence-electron chi connectivity index (χ1n) is 7.25. The van der Waals surface area contributed by atoms with Gasteiger partial charge in [0, 0.05) is 6.42 Å². The highest BCUT2D eigenvalue weighted by atomic mass is 19.1. The normalized spacial score (nSPS) is 39.7. The predicted octanol–water partition coefficient (Wildman–Crippen LogP) is 3.95. The molecular weight excluding hydrogens is 239 g/mol. The summed E-state index contributed by atoms with van der Waals surface area (Å²) in [5.41, 5.74) is 0.302. The molecule has 2 saturated carbocycles. The molecule has 0 aliphatic heterocycles. The maximum absolute atomic E-state index is 13.0. The fourth-order valence-electron chi connectivity index (χ4n) is 4.69. The standard InChI is InChI=1S/C17H23FO/c1-15(2)13-8-9-16(3,11-13)17(15,19)10-12-4-6-14(18)7-5-12/h4-7,13,19H,8-11H2,1-3H3. The van der Waals surface area contributed by atoms with Gasteiger partial charge in [0.15, 0.2) is 0 Å². The van der Waals surface area contributed by atoms with Crippen LogP contribution in [0.25, 0.3) is 0 Å². The summed E-state index contributed by atoms with van der Waals surface area (Å²) in [6, 6.07) is 6.58. The molecule has 1 aromatic carbocycles. The van der Waals surface area contributed by atoms with Gasteiger partial charge in [-0.1, -0.05) is 32.9 Å². The van der Waals surface area contributed by atoms with Crippen LogP contribution < -0.4 is 0 Å². The van der Waals surface area contributed by atoms with E-state index in [0.717, 1.165) is 18.4 Å². The molecule has 2 fully saturated rings. The molecule has 2 heteroatoms. The van der Waals surface area contributed by atoms with E-state index in [4.69, 9.17) is 0 Å². The lowest BCUT2D eigenvalue weighted by atomic mass is 9.58. The number of hydrogen-bond donors (Lipinski definition) is 1. The minimum atomic E-state index is -0.680. The molecule has 3 unspecified atom stereocenters. The van der Waals surface area contributed by atoms with Crippen LogP contribution in [0.1, 0.15) is 45.6 Å². The van der Waals surface area contributed by atoms with Crippen molar-refractivity contribution in [1.29, 1.82) is 0 Å². The quantitative estimate of drug-likeness (QED) is 0.855. The number of hydrogen-bond acceptors (Lipinski definition) is 1. The Morgan fingerprint density at radius 1 is 1.21 bits per heavy atom. The fraction of sp³-hybridized carbons (Fsp3) is 0.647. The molecule has 3 atom stereocenters. The van der Waals surface area contributed by atoms with Gasteiger partial charge >= 0.3 is 0 Å². The van der Waals surface area contributed by atoms with Crippen molar-refractivity contribution >= 4 is 0 Å². The first-order chi connectivity index (χ1) is 8.78. The van der Waals surface area contributed by atoms with Gasteiger partial charge in [-0.05, 0) is 53.7 Å². The smallest absolute Gasteiger partial charge is 0.123 e. The van der Waals surface area contributed by atoms with Gasteiger partial charge in [0.2, 0.25) is 0 Å². The average molecular weight is 262 g/mol. The van der Waals surface area contributed by atoms with Crippen molar-refractivity contribution in [2.75, 3.05) is 0 Å². The van der Waals surface area contributed by atoms with Gasteiger partial charge in [-0.2, -0.15) is 0 Å². The molecule has 0 spiro atoms. The zero-order valence-corrected chi connectivity index (χ0v) is 12.0. The second-order valence-electron chi connectivity index (χ2n) is 7.39. The lowest BCUT2D eigenvalue weighted by Gasteiger charge is -2.51. The molecule has 19 heavy (non-hydrogen) atoms. The van der Waals surface area contributed by atoms with Crippen molar-refractivity contribution in [1.82, 2.24) is 0 Å². The highest BCUT2D eigenvalue weighted by Crippen LogP contribution is 2.68. The van der Waals surface area contributed by atoms with E-state index >= 15 is 0 Å². The second kappa shape index (κ2) is 3.82. The SMILES string of the molecule is CC12CCC(C1)C(C)(C)C2(O)Cc1ccc(F)cc1. The Morgan fingerprint density at radius 3 is 2.37 bits per heavy atom. The molecule has 1 N–H and O–H groups in total. The minimum absolute atomic E-state index is 0.00948. The van der Waals surface area contributed by atoms with Gasteiger partial charge in [-0.3, -0.25) is 0 Å². The van der Waals surface area contributed by atoms with E-state index in [2.05, 4.69) is 20.8 Å². The summed E-state index contributed by atoms with van der Waals surface area (Å²) in [5, 5.41) is 11.4. The molecule has 2 aliphatic carbocycles. The lowest BCUT2D eigenvalue weighted by molar-refractivity contribution is -0.141. The summed E-state index contributed by atoms with van der Waals surface area (Å²) in [4.78, 5) is 0. The van der Waals surface area contributed by atoms with Crippen LogP contribution in [0.3, 0.4) is 0 Å². The largest absolute Gasteiger partial charge is 0.388 e. The van der Waals surface area contributed by atoms with Crippen molar-refractivity contribution < 1.29 is 9.50 Å². The van der Waals surface area contributed by atoms with E-state index in [1.54, 1.807) is 12.1 Å². The minimum Gasteiger partial charge on any atom is -0.388 e. The molecule has 2 bridgehead atoms. The van der Waals surface area contributed by atoms with E-state index in [-0.39, 0.29) is 16.6 Å². The summed E-state index contributed by atoms with van der Waals surface area (Å²) in [6.45, 7) is 6.63. The van der Waals surface area contributed by atoms with Crippen LogP contribution in [0.15, 0.2) is 24.3 Å². The van der Waals surface area contributed by atoms with E-state index in [1.165, 1.54) is 18.6 Å². The molecular formula is C17H23FO. The van der Waals surface area contributed by atoms with Gasteiger partial charge in [0.1, 0.15) is 5.82 Å². The topological polar surface area (TPSA) is 20.2 Å². The van der Waals surface area contributed by atoms with Crippen molar-refractivity contribution in [3.8, 4) is 0 Å². The van der Waals surface area contributed by atoms with Crippen LogP contribution in [0.4, 0.5) is 4.39 Å². The van der Waals surface area contributed by atoms with Crippen LogP contribution >= 0.6 is 0 Å². The van der Waals surface area contributed by atoms with Crippen molar-refractivity contribution in [3.63, 3.8) is 0 Å². The number of benzene rings is 1. The Morgan fingerprint density at radius 2 is 1.84 bits per heavy atom. The highest BCUT2D eigenvalue weighted by Gasteiger charge is 2.67. The van der Waals surface area contributed by atoms with Crippen LogP contribution in [-0.2, 0) is 6.42 Å². The van der Waals surface area contributed by atoms with Gasteiger partial charge in [-0.25, -0.2) is 4.39 Å². The number of rotatable bonds is 2. The Hall–Kier alpha value is -0.890. The summed E-state index contributed by atoms with van der Waals surface area (Å²) < 4.78 is 13.0. The van der Waals surface area contributed by atoms with Crippen LogP contribution in [-0.4, -0.2) is 10.7 Å². The fourth-order valence-corrected chi connectivity index (χ4v) is 4.69. The maximum Gasteiger partial charge on any atom is 0.123 e. The second-order valence-corrected chi connectivity index (χ2v) is 7.39. The summed E-state index contributed by atoms with van der Waals surface area (Å²) in [5.74, 6) is 0.400. The van der Waals surface area contributed by atoms with Gasteiger partial charge < -0.3 is 5.11 Å². The lowest BCUT2D eigenvalue weighted by Crippen LogP contribution is -2.55. The molecule has 1 nitrogen and oxygen atoms in total. The highest BCUT2D eigenvalue weighted by molar-refractivity contribution is 5.25. The zero-order chi connectivity index (χ0) is 13.9.